The van der Waals surface area contributed by atoms with Gasteiger partial charge in [-0.15, -0.1) is 0 Å². The largest absolute Gasteiger partial charge is 0.316 e. The molecular formula is C15H30N2. The number of hydrogen-bond donors (Lipinski definition) is 1. The molecule has 2 rings (SSSR count). The number of nitrogens with one attached hydrogen (secondary N) is 1. The standard InChI is InChI=1S/C15H30N2/c1-13(2)10-16-11-14-6-5-9-17(12-14)15-7-3-4-8-15/h13-16H,3-12H2,1-2H3. The van der Waals surface area contributed by atoms with Gasteiger partial charge in [-0.3, -0.25) is 0 Å². The number of rotatable bonds is 5. The van der Waals surface area contributed by atoms with Gasteiger partial charge in [-0.25, -0.2) is 0 Å². The Balaban J connectivity index is 1.69. The fourth-order valence-electron chi connectivity index (χ4n) is 3.44. The molecule has 0 aromatic rings. The van der Waals surface area contributed by atoms with Crippen molar-refractivity contribution in [3.8, 4) is 0 Å². The summed E-state index contributed by atoms with van der Waals surface area (Å²) in [6.45, 7) is 9.72. The summed E-state index contributed by atoms with van der Waals surface area (Å²) < 4.78 is 0. The first-order valence-corrected chi connectivity index (χ1v) is 7.70. The Bertz CT molecular complexity index is 209. The fraction of sp³-hybridized carbons (Fsp3) is 1.00. The van der Waals surface area contributed by atoms with E-state index in [0.29, 0.717) is 0 Å². The second-order valence-corrected chi connectivity index (χ2v) is 6.49. The molecule has 2 heteroatoms. The third kappa shape index (κ3) is 4.26. The molecule has 2 nitrogen and oxygen atoms in total. The van der Waals surface area contributed by atoms with Crippen LogP contribution in [0.15, 0.2) is 0 Å². The lowest BCUT2D eigenvalue weighted by molar-refractivity contribution is 0.123. The van der Waals surface area contributed by atoms with E-state index in [4.69, 9.17) is 0 Å². The third-order valence-electron chi connectivity index (χ3n) is 4.38. The highest BCUT2D eigenvalue weighted by atomic mass is 15.2. The van der Waals surface area contributed by atoms with Crippen molar-refractivity contribution in [1.82, 2.24) is 10.2 Å². The van der Waals surface area contributed by atoms with Crippen molar-refractivity contribution >= 4 is 0 Å². The molecule has 0 spiro atoms. The molecule has 1 aliphatic carbocycles. The Kier molecular flexibility index (Phi) is 5.30. The van der Waals surface area contributed by atoms with Crippen LogP contribution in [0.25, 0.3) is 0 Å². The average Bonchev–Trinajstić information content (AvgIpc) is 2.82. The topological polar surface area (TPSA) is 15.3 Å². The van der Waals surface area contributed by atoms with Gasteiger partial charge < -0.3 is 10.2 Å². The SMILES string of the molecule is CC(C)CNCC1CCCN(C2CCCC2)C1. The molecule has 17 heavy (non-hydrogen) atoms. The van der Waals surface area contributed by atoms with E-state index in [-0.39, 0.29) is 0 Å². The van der Waals surface area contributed by atoms with Crippen LogP contribution < -0.4 is 5.32 Å². The predicted molar refractivity (Wildman–Crippen MR) is 74.3 cm³/mol. The van der Waals surface area contributed by atoms with Crippen LogP contribution in [-0.2, 0) is 0 Å². The van der Waals surface area contributed by atoms with Crippen LogP contribution in [0.3, 0.4) is 0 Å². The summed E-state index contributed by atoms with van der Waals surface area (Å²) in [6, 6.07) is 0.933. The van der Waals surface area contributed by atoms with Gasteiger partial charge in [-0.1, -0.05) is 26.7 Å². The Morgan fingerprint density at radius 1 is 1.12 bits per heavy atom. The quantitative estimate of drug-likeness (QED) is 0.792. The Morgan fingerprint density at radius 3 is 2.59 bits per heavy atom. The first kappa shape index (κ1) is 13.4. The molecule has 0 amide bonds. The molecule has 100 valence electrons. The van der Waals surface area contributed by atoms with Gasteiger partial charge in [0.15, 0.2) is 0 Å². The lowest BCUT2D eigenvalue weighted by Gasteiger charge is -2.37. The van der Waals surface area contributed by atoms with E-state index in [1.165, 1.54) is 64.7 Å². The summed E-state index contributed by atoms with van der Waals surface area (Å²) in [5.74, 6) is 1.69. The van der Waals surface area contributed by atoms with E-state index in [1.54, 1.807) is 0 Å². The second-order valence-electron chi connectivity index (χ2n) is 6.49. The number of likely N-dealkylation sites (tertiary alicyclic amines) is 1. The van der Waals surface area contributed by atoms with Crippen LogP contribution in [-0.4, -0.2) is 37.1 Å². The van der Waals surface area contributed by atoms with Crippen LogP contribution in [0.2, 0.25) is 0 Å². The van der Waals surface area contributed by atoms with Gasteiger partial charge in [0.1, 0.15) is 0 Å². The fourth-order valence-corrected chi connectivity index (χ4v) is 3.44. The highest BCUT2D eigenvalue weighted by Crippen LogP contribution is 2.27. The van der Waals surface area contributed by atoms with Crippen LogP contribution in [0.5, 0.6) is 0 Å². The van der Waals surface area contributed by atoms with Gasteiger partial charge in [-0.2, -0.15) is 0 Å². The van der Waals surface area contributed by atoms with Gasteiger partial charge >= 0.3 is 0 Å². The van der Waals surface area contributed by atoms with Crippen LogP contribution in [0.1, 0.15) is 52.4 Å². The van der Waals surface area contributed by atoms with Crippen molar-refractivity contribution in [3.05, 3.63) is 0 Å². The maximum atomic E-state index is 3.64. The van der Waals surface area contributed by atoms with E-state index in [9.17, 15) is 0 Å². The summed E-state index contributed by atoms with van der Waals surface area (Å²) >= 11 is 0. The number of hydrogen-bond acceptors (Lipinski definition) is 2. The van der Waals surface area contributed by atoms with E-state index in [2.05, 4.69) is 24.1 Å². The minimum Gasteiger partial charge on any atom is -0.316 e. The van der Waals surface area contributed by atoms with Crippen molar-refractivity contribution in [2.75, 3.05) is 26.2 Å². The summed E-state index contributed by atoms with van der Waals surface area (Å²) in [5, 5.41) is 3.64. The minimum atomic E-state index is 0.782. The zero-order chi connectivity index (χ0) is 12.1. The Morgan fingerprint density at radius 2 is 1.88 bits per heavy atom. The predicted octanol–water partition coefficient (Wildman–Crippen LogP) is 2.89. The highest BCUT2D eigenvalue weighted by Gasteiger charge is 2.27. The third-order valence-corrected chi connectivity index (χ3v) is 4.38. The van der Waals surface area contributed by atoms with Gasteiger partial charge in [0.2, 0.25) is 0 Å². The van der Waals surface area contributed by atoms with Crippen molar-refractivity contribution in [3.63, 3.8) is 0 Å². The highest BCUT2D eigenvalue weighted by molar-refractivity contribution is 4.83. The van der Waals surface area contributed by atoms with E-state index in [1.807, 2.05) is 0 Å². The van der Waals surface area contributed by atoms with Crippen molar-refractivity contribution in [1.29, 1.82) is 0 Å². The molecule has 1 heterocycles. The molecule has 2 aliphatic rings. The van der Waals surface area contributed by atoms with Crippen LogP contribution in [0, 0.1) is 11.8 Å². The molecule has 1 saturated carbocycles. The summed E-state index contributed by atoms with van der Waals surface area (Å²) in [6.07, 6.45) is 8.73. The molecule has 1 saturated heterocycles. The maximum absolute atomic E-state index is 3.64. The van der Waals surface area contributed by atoms with Gasteiger partial charge in [0, 0.05) is 12.6 Å². The summed E-state index contributed by atoms with van der Waals surface area (Å²) in [7, 11) is 0. The lowest BCUT2D eigenvalue weighted by atomic mass is 9.96. The van der Waals surface area contributed by atoms with E-state index < -0.39 is 0 Å². The monoisotopic (exact) mass is 238 g/mol. The summed E-state index contributed by atoms with van der Waals surface area (Å²) in [4.78, 5) is 2.79. The molecule has 2 fully saturated rings. The summed E-state index contributed by atoms with van der Waals surface area (Å²) in [5.41, 5.74) is 0. The van der Waals surface area contributed by atoms with Crippen LogP contribution in [0.4, 0.5) is 0 Å². The van der Waals surface area contributed by atoms with Crippen molar-refractivity contribution in [2.45, 2.75) is 58.4 Å². The molecule has 0 aromatic carbocycles. The van der Waals surface area contributed by atoms with E-state index in [0.717, 1.165) is 17.9 Å². The zero-order valence-electron chi connectivity index (χ0n) is 11.8. The molecular weight excluding hydrogens is 208 g/mol. The van der Waals surface area contributed by atoms with Gasteiger partial charge in [-0.05, 0) is 57.2 Å². The lowest BCUT2D eigenvalue weighted by Crippen LogP contribution is -2.44. The number of piperidine rings is 1. The smallest absolute Gasteiger partial charge is 0.00953 e. The first-order valence-electron chi connectivity index (χ1n) is 7.70. The molecule has 1 atom stereocenters. The second kappa shape index (κ2) is 6.75. The molecule has 1 unspecified atom stereocenters. The number of nitrogens with zero attached hydrogens (tertiary/aromatic N) is 1. The average molecular weight is 238 g/mol. The Labute approximate surface area is 107 Å². The van der Waals surface area contributed by atoms with Gasteiger partial charge in [0.05, 0.1) is 0 Å². The van der Waals surface area contributed by atoms with E-state index >= 15 is 0 Å². The first-order chi connectivity index (χ1) is 8.25. The zero-order valence-corrected chi connectivity index (χ0v) is 11.8. The van der Waals surface area contributed by atoms with Crippen molar-refractivity contribution in [2.24, 2.45) is 11.8 Å². The van der Waals surface area contributed by atoms with Gasteiger partial charge in [0.25, 0.3) is 0 Å². The minimum absolute atomic E-state index is 0.782. The molecule has 0 bridgehead atoms. The Hall–Kier alpha value is -0.0800. The molecule has 0 radical (unpaired) electrons. The molecule has 1 aliphatic heterocycles. The maximum Gasteiger partial charge on any atom is 0.00953 e. The normalized spacial score (nSPS) is 28.1. The van der Waals surface area contributed by atoms with Crippen LogP contribution >= 0.6 is 0 Å². The molecule has 0 aromatic heterocycles. The van der Waals surface area contributed by atoms with Crippen molar-refractivity contribution < 1.29 is 0 Å². The molecule has 1 N–H and O–H groups in total.